The van der Waals surface area contributed by atoms with Crippen LogP contribution in [0.25, 0.3) is 0 Å². The van der Waals surface area contributed by atoms with E-state index in [0.717, 1.165) is 0 Å². The van der Waals surface area contributed by atoms with E-state index in [1.807, 2.05) is 6.07 Å². The monoisotopic (exact) mass is 300 g/mol. The van der Waals surface area contributed by atoms with Gasteiger partial charge in [-0.3, -0.25) is 4.98 Å². The number of alkyl halides is 1. The summed E-state index contributed by atoms with van der Waals surface area (Å²) in [6.07, 6.45) is 3.14. The van der Waals surface area contributed by atoms with Crippen LogP contribution in [0.5, 0.6) is 5.75 Å². The van der Waals surface area contributed by atoms with Gasteiger partial charge in [-0.05, 0) is 29.8 Å². The summed E-state index contributed by atoms with van der Waals surface area (Å²) < 4.78 is 18.8. The molecule has 1 heterocycles. The summed E-state index contributed by atoms with van der Waals surface area (Å²) in [4.78, 5) is 4.00. The van der Waals surface area contributed by atoms with Crippen molar-refractivity contribution in [3.63, 3.8) is 0 Å². The van der Waals surface area contributed by atoms with Gasteiger partial charge in [-0.2, -0.15) is 5.26 Å². The van der Waals surface area contributed by atoms with Crippen molar-refractivity contribution in [2.75, 3.05) is 5.88 Å². The van der Waals surface area contributed by atoms with Gasteiger partial charge in [0.25, 0.3) is 0 Å². The van der Waals surface area contributed by atoms with Gasteiger partial charge in [0.1, 0.15) is 18.2 Å². The van der Waals surface area contributed by atoms with Gasteiger partial charge in [-0.25, -0.2) is 4.39 Å². The third-order valence-corrected chi connectivity index (χ3v) is 2.64. The molecule has 0 spiro atoms. The number of halogens is 2. The maximum atomic E-state index is 13.3. The summed E-state index contributed by atoms with van der Waals surface area (Å²) in [6, 6.07) is 7.70. The Labute approximate surface area is 127 Å². The minimum absolute atomic E-state index is 0.139. The molecule has 5 heteroatoms. The van der Waals surface area contributed by atoms with Gasteiger partial charge >= 0.3 is 0 Å². The Morgan fingerprint density at radius 1 is 1.19 bits per heavy atom. The Morgan fingerprint density at radius 2 is 2.05 bits per heavy atom. The molecule has 1 aromatic heterocycles. The van der Waals surface area contributed by atoms with E-state index in [4.69, 9.17) is 21.6 Å². The van der Waals surface area contributed by atoms with Crippen LogP contribution in [0.15, 0.2) is 36.7 Å². The SMILES string of the molecule is N#Cc1cc(F)cc(COc2cncc(C#CCCl)c2)c1. The van der Waals surface area contributed by atoms with Gasteiger partial charge in [-0.1, -0.05) is 11.8 Å². The second-order valence-electron chi connectivity index (χ2n) is 4.09. The van der Waals surface area contributed by atoms with Crippen LogP contribution in [0.1, 0.15) is 16.7 Å². The molecule has 0 aliphatic carbocycles. The number of ether oxygens (including phenoxy) is 1. The highest BCUT2D eigenvalue weighted by molar-refractivity contribution is 6.19. The fourth-order valence-corrected chi connectivity index (χ4v) is 1.73. The zero-order valence-electron chi connectivity index (χ0n) is 10.9. The molecule has 1 aromatic carbocycles. The Balaban J connectivity index is 2.10. The van der Waals surface area contributed by atoms with Crippen molar-refractivity contribution in [2.45, 2.75) is 6.61 Å². The Kier molecular flexibility index (Phi) is 5.15. The molecule has 0 aliphatic rings. The third kappa shape index (κ3) is 4.49. The molecule has 0 N–H and O–H groups in total. The molecule has 0 radical (unpaired) electrons. The molecule has 0 fully saturated rings. The Hall–Kier alpha value is -2.56. The summed E-state index contributed by atoms with van der Waals surface area (Å²) in [5.74, 6) is 5.84. The highest BCUT2D eigenvalue weighted by Crippen LogP contribution is 2.15. The van der Waals surface area contributed by atoms with Crippen LogP contribution in [0.4, 0.5) is 4.39 Å². The third-order valence-electron chi connectivity index (χ3n) is 2.50. The van der Waals surface area contributed by atoms with E-state index in [9.17, 15) is 4.39 Å². The molecule has 0 amide bonds. The van der Waals surface area contributed by atoms with Crippen molar-refractivity contribution in [3.8, 4) is 23.7 Å². The van der Waals surface area contributed by atoms with Gasteiger partial charge in [0, 0.05) is 11.8 Å². The molecule has 2 aromatic rings. The minimum atomic E-state index is -0.465. The number of hydrogen-bond donors (Lipinski definition) is 0. The van der Waals surface area contributed by atoms with E-state index < -0.39 is 5.82 Å². The Morgan fingerprint density at radius 3 is 2.81 bits per heavy atom. The Bertz CT molecular complexity index is 744. The molecular weight excluding hydrogens is 291 g/mol. The van der Waals surface area contributed by atoms with Crippen LogP contribution in [0, 0.1) is 29.0 Å². The average Bonchev–Trinajstić information content (AvgIpc) is 2.51. The maximum Gasteiger partial charge on any atom is 0.139 e. The van der Waals surface area contributed by atoms with Crippen molar-refractivity contribution < 1.29 is 9.13 Å². The smallest absolute Gasteiger partial charge is 0.139 e. The van der Waals surface area contributed by atoms with Crippen molar-refractivity contribution in [3.05, 3.63) is 59.2 Å². The lowest BCUT2D eigenvalue weighted by atomic mass is 10.1. The van der Waals surface area contributed by atoms with Gasteiger partial charge in [0.15, 0.2) is 0 Å². The van der Waals surface area contributed by atoms with Gasteiger partial charge < -0.3 is 4.74 Å². The van der Waals surface area contributed by atoms with Crippen LogP contribution in [0.2, 0.25) is 0 Å². The first-order valence-electron chi connectivity index (χ1n) is 6.03. The van der Waals surface area contributed by atoms with Crippen molar-refractivity contribution in [1.29, 1.82) is 5.26 Å². The number of nitrogens with zero attached hydrogens (tertiary/aromatic N) is 2. The predicted octanol–water partition coefficient (Wildman–Crippen LogP) is 3.26. The van der Waals surface area contributed by atoms with Crippen LogP contribution < -0.4 is 4.74 Å². The van der Waals surface area contributed by atoms with E-state index in [2.05, 4.69) is 16.8 Å². The number of hydrogen-bond acceptors (Lipinski definition) is 3. The second kappa shape index (κ2) is 7.28. The second-order valence-corrected chi connectivity index (χ2v) is 4.36. The van der Waals surface area contributed by atoms with Gasteiger partial charge in [0.05, 0.1) is 23.7 Å². The average molecular weight is 301 g/mol. The molecule has 0 saturated heterocycles. The maximum absolute atomic E-state index is 13.3. The van der Waals surface area contributed by atoms with Crippen LogP contribution in [-0.4, -0.2) is 10.9 Å². The van der Waals surface area contributed by atoms with Crippen LogP contribution in [0.3, 0.4) is 0 Å². The van der Waals surface area contributed by atoms with Crippen molar-refractivity contribution in [1.82, 2.24) is 4.98 Å². The lowest BCUT2D eigenvalue weighted by Gasteiger charge is -2.06. The molecule has 0 aliphatic heterocycles. The first-order valence-corrected chi connectivity index (χ1v) is 6.57. The molecular formula is C16H10ClFN2O. The fourth-order valence-electron chi connectivity index (χ4n) is 1.67. The lowest BCUT2D eigenvalue weighted by Crippen LogP contribution is -1.98. The predicted molar refractivity (Wildman–Crippen MR) is 77.3 cm³/mol. The summed E-state index contributed by atoms with van der Waals surface area (Å²) in [5, 5.41) is 8.80. The van der Waals surface area contributed by atoms with Crippen molar-refractivity contribution >= 4 is 11.6 Å². The number of aromatic nitrogens is 1. The summed E-state index contributed by atoms with van der Waals surface area (Å²) in [6.45, 7) is 0.139. The number of pyridine rings is 1. The van der Waals surface area contributed by atoms with E-state index in [-0.39, 0.29) is 18.1 Å². The molecule has 0 saturated carbocycles. The van der Waals surface area contributed by atoms with Gasteiger partial charge in [-0.15, -0.1) is 11.6 Å². The van der Waals surface area contributed by atoms with Crippen molar-refractivity contribution in [2.24, 2.45) is 0 Å². The highest BCUT2D eigenvalue weighted by atomic mass is 35.5. The van der Waals surface area contributed by atoms with Crippen LogP contribution in [-0.2, 0) is 6.61 Å². The number of rotatable bonds is 3. The number of benzene rings is 1. The standard InChI is InChI=1S/C16H10ClFN2O/c17-3-1-2-12-7-16(10-20-9-12)21-11-14-4-13(8-19)5-15(18)6-14/h4-7,9-10H,3,11H2. The summed E-state index contributed by atoms with van der Waals surface area (Å²) >= 11 is 5.49. The molecule has 0 atom stereocenters. The van der Waals surface area contributed by atoms with E-state index >= 15 is 0 Å². The summed E-state index contributed by atoms with van der Waals surface area (Å²) in [7, 11) is 0. The van der Waals surface area contributed by atoms with E-state index in [1.165, 1.54) is 18.3 Å². The zero-order chi connectivity index (χ0) is 15.1. The highest BCUT2D eigenvalue weighted by Gasteiger charge is 2.02. The first-order chi connectivity index (χ1) is 10.2. The molecule has 2 rings (SSSR count). The quantitative estimate of drug-likeness (QED) is 0.645. The first kappa shape index (κ1) is 14.8. The normalized spacial score (nSPS) is 9.38. The molecule has 21 heavy (non-hydrogen) atoms. The molecule has 104 valence electrons. The molecule has 3 nitrogen and oxygen atoms in total. The van der Waals surface area contributed by atoms with Gasteiger partial charge in [0.2, 0.25) is 0 Å². The van der Waals surface area contributed by atoms with E-state index in [0.29, 0.717) is 16.9 Å². The topological polar surface area (TPSA) is 45.9 Å². The largest absolute Gasteiger partial charge is 0.487 e. The van der Waals surface area contributed by atoms with Crippen LogP contribution >= 0.6 is 11.6 Å². The molecule has 0 unspecified atom stereocenters. The summed E-state index contributed by atoms with van der Waals surface area (Å²) in [5.41, 5.74) is 1.52. The lowest BCUT2D eigenvalue weighted by molar-refractivity contribution is 0.304. The minimum Gasteiger partial charge on any atom is -0.487 e. The van der Waals surface area contributed by atoms with E-state index in [1.54, 1.807) is 18.3 Å². The molecule has 0 bridgehead atoms. The number of nitriles is 1. The zero-order valence-corrected chi connectivity index (χ0v) is 11.7. The fraction of sp³-hybridized carbons (Fsp3) is 0.125.